The van der Waals surface area contributed by atoms with Crippen LogP contribution in [0.25, 0.3) is 0 Å². The molecule has 6 nitrogen and oxygen atoms in total. The van der Waals surface area contributed by atoms with Crippen molar-refractivity contribution < 1.29 is 28.6 Å². The number of carbonyl (C=O) groups is 3. The molecule has 0 amide bonds. The standard InChI is InChI=1S/C70H122O6/c1-4-7-10-13-16-19-22-25-26-27-28-29-30-31-32-33-34-35-36-37-38-39-40-41-42-43-44-46-48-51-54-57-60-63-69(72)75-66-67(65-74-68(71)62-59-56-53-50-47-24-21-18-15-12-9-6-3)76-70(73)64-61-58-55-52-49-45-23-20-17-14-11-8-5-2/h7,10-11,14,16,18-21,23,25-26,28-29,67H,4-6,8-9,12-13,15,17,22,24,27,30-66H2,1-3H3/b10-7-,14-11-,19-16-,21-18-,23-20-,26-25-,29-28-. The summed E-state index contributed by atoms with van der Waals surface area (Å²) in [7, 11) is 0. The Balaban J connectivity index is 4.08. The molecule has 1 atom stereocenters. The molecule has 0 N–H and O–H groups in total. The van der Waals surface area contributed by atoms with Crippen molar-refractivity contribution >= 4 is 17.9 Å². The first-order valence-corrected chi connectivity index (χ1v) is 32.6. The molecule has 0 saturated heterocycles. The lowest BCUT2D eigenvalue weighted by Crippen LogP contribution is -2.30. The number of hydrogen-bond acceptors (Lipinski definition) is 6. The minimum absolute atomic E-state index is 0.0812. The second-order valence-electron chi connectivity index (χ2n) is 21.6. The molecule has 76 heavy (non-hydrogen) atoms. The van der Waals surface area contributed by atoms with E-state index in [4.69, 9.17) is 14.2 Å². The molecule has 6 heteroatoms. The lowest BCUT2D eigenvalue weighted by atomic mass is 10.0. The fraction of sp³-hybridized carbons (Fsp3) is 0.757. The third kappa shape index (κ3) is 61.4. The Kier molecular flexibility index (Phi) is 61.2. The zero-order chi connectivity index (χ0) is 55.0. The van der Waals surface area contributed by atoms with Crippen molar-refractivity contribution in [1.82, 2.24) is 0 Å². The summed E-state index contributed by atoms with van der Waals surface area (Å²) in [6, 6.07) is 0. The van der Waals surface area contributed by atoms with Crippen molar-refractivity contribution in [2.45, 2.75) is 329 Å². The highest BCUT2D eigenvalue weighted by Gasteiger charge is 2.19. The summed E-state index contributed by atoms with van der Waals surface area (Å²) < 4.78 is 16.9. The molecule has 0 spiro atoms. The van der Waals surface area contributed by atoms with Gasteiger partial charge in [-0.25, -0.2) is 0 Å². The minimum Gasteiger partial charge on any atom is -0.462 e. The van der Waals surface area contributed by atoms with E-state index in [1.54, 1.807) is 0 Å². The first kappa shape index (κ1) is 72.6. The monoisotopic (exact) mass is 1060 g/mol. The van der Waals surface area contributed by atoms with Gasteiger partial charge in [-0.05, 0) is 109 Å². The van der Waals surface area contributed by atoms with Gasteiger partial charge >= 0.3 is 17.9 Å². The molecule has 0 saturated carbocycles. The Morgan fingerprint density at radius 1 is 0.276 bits per heavy atom. The van der Waals surface area contributed by atoms with Crippen LogP contribution >= 0.6 is 0 Å². The number of rotatable bonds is 59. The fourth-order valence-corrected chi connectivity index (χ4v) is 9.23. The van der Waals surface area contributed by atoms with Gasteiger partial charge in [-0.1, -0.05) is 279 Å². The predicted octanol–water partition coefficient (Wildman–Crippen LogP) is 22.3. The average molecular weight is 1060 g/mol. The average Bonchev–Trinajstić information content (AvgIpc) is 3.42. The van der Waals surface area contributed by atoms with Gasteiger partial charge in [-0.2, -0.15) is 0 Å². The SMILES string of the molecule is CC/C=C\C/C=C\C/C=C\C/C=C\CCCCCCCCCCCCCCCCCCCCCCC(=O)OCC(COC(=O)CCCCCCC/C=C\CCCCC)OC(=O)CCCCCCC/C=C\C/C=C\CCC. The molecule has 0 aliphatic carbocycles. The molecule has 0 aliphatic heterocycles. The highest BCUT2D eigenvalue weighted by Crippen LogP contribution is 2.17. The van der Waals surface area contributed by atoms with Gasteiger partial charge in [0.25, 0.3) is 0 Å². The first-order valence-electron chi connectivity index (χ1n) is 32.6. The molecular weight excluding hydrogens is 937 g/mol. The highest BCUT2D eigenvalue weighted by atomic mass is 16.6. The smallest absolute Gasteiger partial charge is 0.306 e. The van der Waals surface area contributed by atoms with E-state index in [0.29, 0.717) is 19.3 Å². The van der Waals surface area contributed by atoms with E-state index in [0.717, 1.165) is 122 Å². The van der Waals surface area contributed by atoms with Crippen molar-refractivity contribution in [2.75, 3.05) is 13.2 Å². The summed E-state index contributed by atoms with van der Waals surface area (Å²) in [6.07, 6.45) is 84.7. The Hall–Kier alpha value is -3.41. The summed E-state index contributed by atoms with van der Waals surface area (Å²) in [5.74, 6) is -0.893. The summed E-state index contributed by atoms with van der Waals surface area (Å²) in [5.41, 5.74) is 0. The summed E-state index contributed by atoms with van der Waals surface area (Å²) >= 11 is 0. The maximum Gasteiger partial charge on any atom is 0.306 e. The van der Waals surface area contributed by atoms with E-state index in [1.807, 2.05) is 0 Å². The zero-order valence-corrected chi connectivity index (χ0v) is 50.3. The van der Waals surface area contributed by atoms with Gasteiger partial charge in [0.1, 0.15) is 13.2 Å². The van der Waals surface area contributed by atoms with Crippen LogP contribution in [0.5, 0.6) is 0 Å². The summed E-state index contributed by atoms with van der Waals surface area (Å²) in [6.45, 7) is 6.45. The quantitative estimate of drug-likeness (QED) is 0.0261. The van der Waals surface area contributed by atoms with Crippen molar-refractivity contribution in [3.05, 3.63) is 85.1 Å². The van der Waals surface area contributed by atoms with Gasteiger partial charge in [-0.3, -0.25) is 14.4 Å². The summed E-state index contributed by atoms with van der Waals surface area (Å²) in [5, 5.41) is 0. The number of unbranched alkanes of at least 4 members (excludes halogenated alkanes) is 34. The van der Waals surface area contributed by atoms with Gasteiger partial charge in [0.15, 0.2) is 6.10 Å². The van der Waals surface area contributed by atoms with E-state index >= 15 is 0 Å². The van der Waals surface area contributed by atoms with Crippen molar-refractivity contribution in [3.8, 4) is 0 Å². The van der Waals surface area contributed by atoms with Crippen LogP contribution < -0.4 is 0 Å². The topological polar surface area (TPSA) is 78.9 Å². The van der Waals surface area contributed by atoms with E-state index < -0.39 is 6.10 Å². The molecule has 0 aromatic heterocycles. The van der Waals surface area contributed by atoms with Gasteiger partial charge in [-0.15, -0.1) is 0 Å². The second-order valence-corrected chi connectivity index (χ2v) is 21.6. The molecule has 0 heterocycles. The third-order valence-corrected chi connectivity index (χ3v) is 14.1. The lowest BCUT2D eigenvalue weighted by molar-refractivity contribution is -0.167. The Morgan fingerprint density at radius 2 is 0.539 bits per heavy atom. The van der Waals surface area contributed by atoms with Crippen LogP contribution in [-0.4, -0.2) is 37.2 Å². The maximum atomic E-state index is 12.8. The van der Waals surface area contributed by atoms with Crippen LogP contribution in [-0.2, 0) is 28.6 Å². The first-order chi connectivity index (χ1) is 37.5. The maximum absolute atomic E-state index is 12.8. The Morgan fingerprint density at radius 3 is 0.868 bits per heavy atom. The van der Waals surface area contributed by atoms with Crippen molar-refractivity contribution in [2.24, 2.45) is 0 Å². The fourth-order valence-electron chi connectivity index (χ4n) is 9.23. The number of esters is 3. The molecule has 438 valence electrons. The third-order valence-electron chi connectivity index (χ3n) is 14.1. The van der Waals surface area contributed by atoms with E-state index in [1.165, 1.54) is 161 Å². The molecule has 0 aromatic carbocycles. The van der Waals surface area contributed by atoms with Gasteiger partial charge < -0.3 is 14.2 Å². The molecule has 0 aliphatic rings. The molecular formula is C70H122O6. The van der Waals surface area contributed by atoms with Crippen LogP contribution in [0.1, 0.15) is 323 Å². The van der Waals surface area contributed by atoms with Gasteiger partial charge in [0, 0.05) is 19.3 Å². The number of hydrogen-bond donors (Lipinski definition) is 0. The minimum atomic E-state index is -0.784. The van der Waals surface area contributed by atoms with Crippen LogP contribution in [0.15, 0.2) is 85.1 Å². The molecule has 0 rings (SSSR count). The Bertz CT molecular complexity index is 1450. The van der Waals surface area contributed by atoms with Crippen molar-refractivity contribution in [3.63, 3.8) is 0 Å². The second kappa shape index (κ2) is 64.1. The van der Waals surface area contributed by atoms with E-state index in [9.17, 15) is 14.4 Å². The normalized spacial score (nSPS) is 12.6. The van der Waals surface area contributed by atoms with E-state index in [2.05, 4.69) is 106 Å². The van der Waals surface area contributed by atoms with Crippen LogP contribution in [0, 0.1) is 0 Å². The molecule has 0 radical (unpaired) electrons. The molecule has 0 fully saturated rings. The van der Waals surface area contributed by atoms with Crippen LogP contribution in [0.3, 0.4) is 0 Å². The number of ether oxygens (including phenoxy) is 3. The zero-order valence-electron chi connectivity index (χ0n) is 50.3. The van der Waals surface area contributed by atoms with Crippen molar-refractivity contribution in [1.29, 1.82) is 0 Å². The number of allylic oxidation sites excluding steroid dienone is 14. The lowest BCUT2D eigenvalue weighted by Gasteiger charge is -2.18. The molecule has 1 unspecified atom stereocenters. The Labute approximate surface area is 471 Å². The molecule has 0 bridgehead atoms. The van der Waals surface area contributed by atoms with Crippen LogP contribution in [0.2, 0.25) is 0 Å². The van der Waals surface area contributed by atoms with Gasteiger partial charge in [0.2, 0.25) is 0 Å². The highest BCUT2D eigenvalue weighted by molar-refractivity contribution is 5.71. The van der Waals surface area contributed by atoms with Crippen LogP contribution in [0.4, 0.5) is 0 Å². The summed E-state index contributed by atoms with van der Waals surface area (Å²) in [4.78, 5) is 38.2. The number of carbonyl (C=O) groups excluding carboxylic acids is 3. The largest absolute Gasteiger partial charge is 0.462 e. The van der Waals surface area contributed by atoms with E-state index in [-0.39, 0.29) is 31.1 Å². The van der Waals surface area contributed by atoms with Gasteiger partial charge in [0.05, 0.1) is 0 Å². The predicted molar refractivity (Wildman–Crippen MR) is 330 cm³/mol. The molecule has 0 aromatic rings.